The summed E-state index contributed by atoms with van der Waals surface area (Å²) in [6.45, 7) is 0. The van der Waals surface area contributed by atoms with Crippen LogP contribution in [0.5, 0.6) is 0 Å². The molecule has 8 aromatic carbocycles. The first-order chi connectivity index (χ1) is 30.2. The highest BCUT2D eigenvalue weighted by Crippen LogP contribution is 2.43. The highest BCUT2D eigenvalue weighted by molar-refractivity contribution is 6.10. The monoisotopic (exact) mass is 781 g/mol. The molecule has 0 spiro atoms. The van der Waals surface area contributed by atoms with Gasteiger partial charge >= 0.3 is 0 Å². The predicted octanol–water partition coefficient (Wildman–Crippen LogP) is 12.8. The Morgan fingerprint density at radius 2 is 0.541 bits per heavy atom. The normalized spacial score (nSPS) is 11.3. The van der Waals surface area contributed by atoms with E-state index in [9.17, 15) is 0 Å². The summed E-state index contributed by atoms with van der Waals surface area (Å²) in [5, 5.41) is 2.30. The lowest BCUT2D eigenvalue weighted by atomic mass is 9.95. The highest BCUT2D eigenvalue weighted by Gasteiger charge is 2.25. The Bertz CT molecular complexity index is 3170. The number of benzene rings is 8. The molecular formula is C54H35N7. The standard InChI is InChI=1S/C54H35N7/c1-6-20-36(21-7-1)44-34-41(53-57-49(37-22-8-2-9-23-37)55-50(58-53)38-24-10-3-11-25-38)35-45(48(44)61-46-32-18-16-30-42(46)43-31-17-19-33-47(43)61)54-59-51(39-26-12-4-13-27-39)56-52(60-54)40-28-14-5-15-29-40/h1-35H. The number of rotatable bonds is 8. The molecule has 7 nitrogen and oxygen atoms in total. The SMILES string of the molecule is c1ccc(-c2nc(-c3ccccc3)nc(-c3cc(-c4ccccc4)c(-n4c5ccccc5c5ccccc54)c(-c4nc(-c5ccccc5)nc(-c5ccccc5)n4)c3)n2)cc1. The van der Waals surface area contributed by atoms with E-state index in [1.807, 2.05) is 127 Å². The number of nitrogens with zero attached hydrogens (tertiary/aromatic N) is 7. The third kappa shape index (κ3) is 6.70. The van der Waals surface area contributed by atoms with Crippen LogP contribution in [-0.2, 0) is 0 Å². The summed E-state index contributed by atoms with van der Waals surface area (Å²) in [6.07, 6.45) is 0. The van der Waals surface area contributed by atoms with Gasteiger partial charge in [-0.15, -0.1) is 0 Å². The zero-order valence-electron chi connectivity index (χ0n) is 32.8. The predicted molar refractivity (Wildman–Crippen MR) is 246 cm³/mol. The molecule has 0 fully saturated rings. The fourth-order valence-electron chi connectivity index (χ4n) is 8.04. The topological polar surface area (TPSA) is 82.3 Å². The van der Waals surface area contributed by atoms with Crippen molar-refractivity contribution in [3.8, 4) is 85.1 Å². The summed E-state index contributed by atoms with van der Waals surface area (Å²) in [4.78, 5) is 31.2. The van der Waals surface area contributed by atoms with Gasteiger partial charge in [-0.1, -0.05) is 188 Å². The van der Waals surface area contributed by atoms with E-state index in [1.165, 1.54) is 0 Å². The average Bonchev–Trinajstić information content (AvgIpc) is 3.68. The largest absolute Gasteiger partial charge is 0.308 e. The molecule has 0 aliphatic carbocycles. The number of aromatic nitrogens is 7. The van der Waals surface area contributed by atoms with E-state index in [0.717, 1.165) is 72.0 Å². The fourth-order valence-corrected chi connectivity index (χ4v) is 8.04. The number of hydrogen-bond acceptors (Lipinski definition) is 6. The van der Waals surface area contributed by atoms with Gasteiger partial charge in [-0.3, -0.25) is 0 Å². The van der Waals surface area contributed by atoms with Crippen LogP contribution in [-0.4, -0.2) is 34.5 Å². The van der Waals surface area contributed by atoms with E-state index in [-0.39, 0.29) is 0 Å². The molecule has 3 aromatic heterocycles. The van der Waals surface area contributed by atoms with Crippen LogP contribution >= 0.6 is 0 Å². The number of para-hydroxylation sites is 2. The first kappa shape index (κ1) is 35.7. The van der Waals surface area contributed by atoms with Gasteiger partial charge in [-0.2, -0.15) is 0 Å². The van der Waals surface area contributed by atoms with Crippen molar-refractivity contribution in [2.24, 2.45) is 0 Å². The molecule has 61 heavy (non-hydrogen) atoms. The lowest BCUT2D eigenvalue weighted by molar-refractivity contribution is 1.06. The van der Waals surface area contributed by atoms with Crippen LogP contribution in [0.25, 0.3) is 107 Å². The molecule has 0 radical (unpaired) electrons. The molecule has 0 saturated heterocycles. The van der Waals surface area contributed by atoms with Gasteiger partial charge in [0.05, 0.1) is 16.7 Å². The zero-order chi connectivity index (χ0) is 40.5. The molecule has 0 aliphatic rings. The Hall–Kier alpha value is -8.42. The van der Waals surface area contributed by atoms with E-state index < -0.39 is 0 Å². The summed E-state index contributed by atoms with van der Waals surface area (Å²) >= 11 is 0. The fraction of sp³-hybridized carbons (Fsp3) is 0. The summed E-state index contributed by atoms with van der Waals surface area (Å²) in [5.41, 5.74) is 10.2. The van der Waals surface area contributed by atoms with E-state index >= 15 is 0 Å². The van der Waals surface area contributed by atoms with Crippen LogP contribution in [0, 0.1) is 0 Å². The minimum absolute atomic E-state index is 0.518. The van der Waals surface area contributed by atoms with Crippen molar-refractivity contribution in [1.82, 2.24) is 34.5 Å². The van der Waals surface area contributed by atoms with Crippen LogP contribution in [0.3, 0.4) is 0 Å². The maximum atomic E-state index is 5.34. The van der Waals surface area contributed by atoms with Gasteiger partial charge in [-0.25, -0.2) is 29.9 Å². The van der Waals surface area contributed by atoms with Gasteiger partial charge in [0.1, 0.15) is 0 Å². The smallest absolute Gasteiger partial charge is 0.166 e. The second-order valence-electron chi connectivity index (χ2n) is 14.7. The van der Waals surface area contributed by atoms with Crippen molar-refractivity contribution in [3.05, 3.63) is 212 Å². The van der Waals surface area contributed by atoms with Crippen LogP contribution in [0.15, 0.2) is 212 Å². The zero-order valence-corrected chi connectivity index (χ0v) is 32.8. The van der Waals surface area contributed by atoms with E-state index in [1.54, 1.807) is 0 Å². The van der Waals surface area contributed by atoms with Crippen molar-refractivity contribution in [1.29, 1.82) is 0 Å². The molecule has 0 aliphatic heterocycles. The van der Waals surface area contributed by atoms with Crippen molar-refractivity contribution in [3.63, 3.8) is 0 Å². The van der Waals surface area contributed by atoms with Crippen molar-refractivity contribution in [2.45, 2.75) is 0 Å². The molecule has 0 N–H and O–H groups in total. The summed E-state index contributed by atoms with van der Waals surface area (Å²) in [5.74, 6) is 3.35. The number of hydrogen-bond donors (Lipinski definition) is 0. The Labute approximate surface area is 352 Å². The summed E-state index contributed by atoms with van der Waals surface area (Å²) in [6, 6.07) is 72.3. The average molecular weight is 782 g/mol. The highest BCUT2D eigenvalue weighted by atomic mass is 15.1. The van der Waals surface area contributed by atoms with E-state index in [0.29, 0.717) is 34.9 Å². The molecule has 7 heteroatoms. The van der Waals surface area contributed by atoms with Gasteiger partial charge in [0.25, 0.3) is 0 Å². The van der Waals surface area contributed by atoms with E-state index in [4.69, 9.17) is 29.9 Å². The molecule has 0 amide bonds. The first-order valence-electron chi connectivity index (χ1n) is 20.2. The molecule has 0 unspecified atom stereocenters. The van der Waals surface area contributed by atoms with Gasteiger partial charge in [0.2, 0.25) is 0 Å². The Morgan fingerprint density at radius 1 is 0.246 bits per heavy atom. The van der Waals surface area contributed by atoms with Gasteiger partial charge in [0.15, 0.2) is 34.9 Å². The molecule has 0 saturated carbocycles. The molecule has 286 valence electrons. The maximum Gasteiger partial charge on any atom is 0.166 e. The maximum absolute atomic E-state index is 5.34. The molecule has 11 aromatic rings. The number of fused-ring (bicyclic) bond motifs is 3. The molecular weight excluding hydrogens is 747 g/mol. The van der Waals surface area contributed by atoms with Crippen LogP contribution in [0.4, 0.5) is 0 Å². The second-order valence-corrected chi connectivity index (χ2v) is 14.7. The van der Waals surface area contributed by atoms with Crippen LogP contribution < -0.4 is 0 Å². The minimum Gasteiger partial charge on any atom is -0.308 e. The Kier molecular flexibility index (Phi) is 9.02. The summed E-state index contributed by atoms with van der Waals surface area (Å²) in [7, 11) is 0. The van der Waals surface area contributed by atoms with Gasteiger partial charge < -0.3 is 4.57 Å². The molecule has 0 atom stereocenters. The van der Waals surface area contributed by atoms with Crippen LogP contribution in [0.1, 0.15) is 0 Å². The Balaban J connectivity index is 1.29. The second kappa shape index (κ2) is 15.4. The third-order valence-corrected chi connectivity index (χ3v) is 10.9. The van der Waals surface area contributed by atoms with Crippen molar-refractivity contribution < 1.29 is 0 Å². The Morgan fingerprint density at radius 3 is 0.934 bits per heavy atom. The first-order valence-corrected chi connectivity index (χ1v) is 20.2. The van der Waals surface area contributed by atoms with Gasteiger partial charge in [-0.05, 0) is 29.8 Å². The molecule has 0 bridgehead atoms. The van der Waals surface area contributed by atoms with E-state index in [2.05, 4.69) is 89.5 Å². The minimum atomic E-state index is 0.518. The molecule has 3 heterocycles. The van der Waals surface area contributed by atoms with Gasteiger partial charge in [0, 0.05) is 49.7 Å². The lowest BCUT2D eigenvalue weighted by Gasteiger charge is -2.20. The van der Waals surface area contributed by atoms with Crippen molar-refractivity contribution >= 4 is 21.8 Å². The third-order valence-electron chi connectivity index (χ3n) is 10.9. The van der Waals surface area contributed by atoms with Crippen LogP contribution in [0.2, 0.25) is 0 Å². The lowest BCUT2D eigenvalue weighted by Crippen LogP contribution is -2.07. The molecule has 11 rings (SSSR count). The quantitative estimate of drug-likeness (QED) is 0.153. The summed E-state index contributed by atoms with van der Waals surface area (Å²) < 4.78 is 2.36. The van der Waals surface area contributed by atoms with Crippen molar-refractivity contribution in [2.75, 3.05) is 0 Å².